The minimum Gasteiger partial charge on any atom is -0.370 e. The highest BCUT2D eigenvalue weighted by Gasteiger charge is 2.07. The van der Waals surface area contributed by atoms with Crippen molar-refractivity contribution in [1.82, 2.24) is 5.32 Å². The molecule has 26 heavy (non-hydrogen) atoms. The van der Waals surface area contributed by atoms with Gasteiger partial charge in [-0.05, 0) is 62.7 Å². The van der Waals surface area contributed by atoms with Crippen molar-refractivity contribution >= 4 is 23.0 Å². The number of hydrogen-bond donors (Lipinski definition) is 1. The van der Waals surface area contributed by atoms with Crippen molar-refractivity contribution in [1.29, 1.82) is 0 Å². The second-order valence-electron chi connectivity index (χ2n) is 6.08. The third-order valence-corrected chi connectivity index (χ3v) is 4.10. The van der Waals surface area contributed by atoms with E-state index in [-0.39, 0.29) is 5.91 Å². The fourth-order valence-corrected chi connectivity index (χ4v) is 2.53. The lowest BCUT2D eigenvalue weighted by atomic mass is 10.1. The summed E-state index contributed by atoms with van der Waals surface area (Å²) in [6, 6.07) is 14.1. The van der Waals surface area contributed by atoms with Gasteiger partial charge in [0.15, 0.2) is 0 Å². The maximum absolute atomic E-state index is 11.3. The zero-order valence-electron chi connectivity index (χ0n) is 15.7. The summed E-state index contributed by atoms with van der Waals surface area (Å²) in [6.07, 6.45) is 1.29. The molecule has 0 spiro atoms. The number of likely N-dealkylation sites (N-methyl/N-ethyl adjacent to an activating group) is 1. The van der Waals surface area contributed by atoms with Gasteiger partial charge in [-0.1, -0.05) is 24.3 Å². The van der Waals surface area contributed by atoms with E-state index in [0.29, 0.717) is 6.54 Å². The quantitative estimate of drug-likeness (QED) is 0.547. The fourth-order valence-electron chi connectivity index (χ4n) is 2.53. The van der Waals surface area contributed by atoms with Gasteiger partial charge in [0.05, 0.1) is 11.4 Å². The molecule has 5 nitrogen and oxygen atoms in total. The molecule has 0 aromatic heterocycles. The molecule has 2 rings (SSSR count). The maximum atomic E-state index is 11.3. The molecule has 0 radical (unpaired) electrons. The van der Waals surface area contributed by atoms with E-state index in [9.17, 15) is 4.79 Å². The number of hydrogen-bond acceptors (Lipinski definition) is 4. The zero-order chi connectivity index (χ0) is 18.9. The number of carbonyl (C=O) groups excluding carboxylic acids is 1. The van der Waals surface area contributed by atoms with Crippen LogP contribution >= 0.6 is 0 Å². The number of anilines is 1. The first-order valence-electron chi connectivity index (χ1n) is 8.77. The topological polar surface area (TPSA) is 57.1 Å². The number of nitrogens with one attached hydrogen (secondary N) is 1. The van der Waals surface area contributed by atoms with E-state index < -0.39 is 0 Å². The van der Waals surface area contributed by atoms with Crippen molar-refractivity contribution in [3.8, 4) is 0 Å². The number of benzene rings is 2. The molecule has 1 amide bonds. The second-order valence-corrected chi connectivity index (χ2v) is 6.08. The molecule has 2 aromatic rings. The van der Waals surface area contributed by atoms with Gasteiger partial charge >= 0.3 is 0 Å². The van der Waals surface area contributed by atoms with E-state index in [4.69, 9.17) is 0 Å². The molecule has 0 saturated carbocycles. The first-order valence-corrected chi connectivity index (χ1v) is 8.77. The van der Waals surface area contributed by atoms with Crippen LogP contribution in [0.15, 0.2) is 65.3 Å². The first-order chi connectivity index (χ1) is 12.5. The molecule has 0 unspecified atom stereocenters. The Bertz CT molecular complexity index is 781. The molecule has 0 bridgehead atoms. The SMILES string of the molecule is C=CC(=O)NCCN(CC)c1ccc(N=Nc2ccc(C)cc2)c(C)c1. The molecule has 2 aromatic carbocycles. The molecule has 0 aliphatic heterocycles. The average Bonchev–Trinajstić information content (AvgIpc) is 2.65. The van der Waals surface area contributed by atoms with E-state index in [2.05, 4.69) is 40.0 Å². The molecule has 0 aliphatic carbocycles. The largest absolute Gasteiger partial charge is 0.370 e. The van der Waals surface area contributed by atoms with E-state index >= 15 is 0 Å². The van der Waals surface area contributed by atoms with Gasteiger partial charge in [-0.2, -0.15) is 10.2 Å². The number of carbonyl (C=O) groups is 1. The maximum Gasteiger partial charge on any atom is 0.243 e. The normalized spacial score (nSPS) is 10.7. The summed E-state index contributed by atoms with van der Waals surface area (Å²) in [6.45, 7) is 11.8. The molecule has 0 fully saturated rings. The highest BCUT2D eigenvalue weighted by atomic mass is 16.1. The van der Waals surface area contributed by atoms with Crippen LogP contribution in [-0.2, 0) is 4.79 Å². The van der Waals surface area contributed by atoms with Gasteiger partial charge in [-0.15, -0.1) is 0 Å². The van der Waals surface area contributed by atoms with Crippen molar-refractivity contribution in [2.24, 2.45) is 10.2 Å². The number of aryl methyl sites for hydroxylation is 2. The van der Waals surface area contributed by atoms with E-state index in [1.807, 2.05) is 50.2 Å². The number of azo groups is 1. The Morgan fingerprint density at radius 2 is 1.88 bits per heavy atom. The van der Waals surface area contributed by atoms with Crippen LogP contribution < -0.4 is 10.2 Å². The lowest BCUT2D eigenvalue weighted by Gasteiger charge is -2.23. The van der Waals surface area contributed by atoms with Crippen LogP contribution in [0.2, 0.25) is 0 Å². The summed E-state index contributed by atoms with van der Waals surface area (Å²) < 4.78 is 0. The van der Waals surface area contributed by atoms with E-state index in [1.54, 1.807) is 0 Å². The number of amides is 1. The highest BCUT2D eigenvalue weighted by molar-refractivity contribution is 5.86. The van der Waals surface area contributed by atoms with Crippen LogP contribution in [0.3, 0.4) is 0 Å². The second kappa shape index (κ2) is 9.51. The molecular weight excluding hydrogens is 324 g/mol. The molecule has 0 saturated heterocycles. The van der Waals surface area contributed by atoms with Crippen molar-refractivity contribution < 1.29 is 4.79 Å². The summed E-state index contributed by atoms with van der Waals surface area (Å²) in [5.41, 5.74) is 5.06. The summed E-state index contributed by atoms with van der Waals surface area (Å²) in [4.78, 5) is 13.5. The third kappa shape index (κ3) is 5.55. The van der Waals surface area contributed by atoms with Crippen molar-refractivity contribution in [3.05, 3.63) is 66.2 Å². The third-order valence-electron chi connectivity index (χ3n) is 4.10. The summed E-state index contributed by atoms with van der Waals surface area (Å²) in [5.74, 6) is -0.149. The van der Waals surface area contributed by atoms with Crippen LogP contribution in [0.1, 0.15) is 18.1 Å². The lowest BCUT2D eigenvalue weighted by molar-refractivity contribution is -0.116. The van der Waals surface area contributed by atoms with Gasteiger partial charge in [0.1, 0.15) is 0 Å². The van der Waals surface area contributed by atoms with Crippen molar-refractivity contribution in [2.45, 2.75) is 20.8 Å². The van der Waals surface area contributed by atoms with Gasteiger partial charge in [0, 0.05) is 25.3 Å². The molecule has 0 aliphatic rings. The summed E-state index contributed by atoms with van der Waals surface area (Å²) >= 11 is 0. The predicted octanol–water partition coefficient (Wildman–Crippen LogP) is 4.85. The smallest absolute Gasteiger partial charge is 0.243 e. The standard InChI is InChI=1S/C21H26N4O/c1-5-21(26)22-13-14-25(6-2)19-11-12-20(17(4)15-19)24-23-18-9-7-16(3)8-10-18/h5,7-12,15H,1,6,13-14H2,2-4H3,(H,22,26). The van der Waals surface area contributed by atoms with Crippen LogP contribution in [0.5, 0.6) is 0 Å². The molecule has 136 valence electrons. The Morgan fingerprint density at radius 3 is 2.50 bits per heavy atom. The minimum absolute atomic E-state index is 0.149. The van der Waals surface area contributed by atoms with Gasteiger partial charge in [0.2, 0.25) is 5.91 Å². The van der Waals surface area contributed by atoms with Gasteiger partial charge in [-0.3, -0.25) is 4.79 Å². The summed E-state index contributed by atoms with van der Waals surface area (Å²) in [7, 11) is 0. The van der Waals surface area contributed by atoms with Crippen LogP contribution in [0.4, 0.5) is 17.1 Å². The number of nitrogens with zero attached hydrogens (tertiary/aromatic N) is 3. The fraction of sp³-hybridized carbons (Fsp3) is 0.286. The van der Waals surface area contributed by atoms with Crippen LogP contribution in [0, 0.1) is 13.8 Å². The molecule has 5 heteroatoms. The van der Waals surface area contributed by atoms with Crippen molar-refractivity contribution in [3.63, 3.8) is 0 Å². The molecule has 0 atom stereocenters. The number of rotatable bonds is 8. The Kier molecular flexibility index (Phi) is 7.09. The lowest BCUT2D eigenvalue weighted by Crippen LogP contribution is -2.34. The minimum atomic E-state index is -0.149. The highest BCUT2D eigenvalue weighted by Crippen LogP contribution is 2.26. The van der Waals surface area contributed by atoms with Crippen LogP contribution in [0.25, 0.3) is 0 Å². The monoisotopic (exact) mass is 350 g/mol. The molecule has 1 N–H and O–H groups in total. The molecule has 0 heterocycles. The Labute approximate surface area is 155 Å². The Morgan fingerprint density at radius 1 is 1.15 bits per heavy atom. The summed E-state index contributed by atoms with van der Waals surface area (Å²) in [5, 5.41) is 11.5. The Balaban J connectivity index is 2.05. The molecular formula is C21H26N4O. The average molecular weight is 350 g/mol. The van der Waals surface area contributed by atoms with Gasteiger partial charge in [0.25, 0.3) is 0 Å². The first kappa shape index (κ1) is 19.4. The predicted molar refractivity (Wildman–Crippen MR) is 108 cm³/mol. The van der Waals surface area contributed by atoms with E-state index in [1.165, 1.54) is 11.6 Å². The van der Waals surface area contributed by atoms with Gasteiger partial charge in [-0.25, -0.2) is 0 Å². The van der Waals surface area contributed by atoms with Gasteiger partial charge < -0.3 is 10.2 Å². The van der Waals surface area contributed by atoms with Crippen molar-refractivity contribution in [2.75, 3.05) is 24.5 Å². The van der Waals surface area contributed by atoms with E-state index in [0.717, 1.165) is 35.7 Å². The van der Waals surface area contributed by atoms with Crippen LogP contribution in [-0.4, -0.2) is 25.5 Å². The Hall–Kier alpha value is -2.95. The zero-order valence-corrected chi connectivity index (χ0v) is 15.7.